The average molecular weight is 360 g/mol. The molecule has 1 aromatic carbocycles. The lowest BCUT2D eigenvalue weighted by atomic mass is 9.76. The van der Waals surface area contributed by atoms with Gasteiger partial charge in [0.2, 0.25) is 4.70 Å². The van der Waals surface area contributed by atoms with E-state index >= 15 is 0 Å². The van der Waals surface area contributed by atoms with Crippen LogP contribution < -0.4 is 4.87 Å². The summed E-state index contributed by atoms with van der Waals surface area (Å²) in [5, 5.41) is 0. The Morgan fingerprint density at radius 2 is 1.72 bits per heavy atom. The van der Waals surface area contributed by atoms with Crippen LogP contribution in [0.4, 0.5) is 0 Å². The van der Waals surface area contributed by atoms with E-state index in [9.17, 15) is 4.79 Å². The summed E-state index contributed by atoms with van der Waals surface area (Å²) in [6.45, 7) is 3.71. The fourth-order valence-electron chi connectivity index (χ4n) is 4.94. The second kappa shape index (κ2) is 8.05. The molecule has 1 atom stereocenters. The third-order valence-corrected chi connectivity index (χ3v) is 8.52. The lowest BCUT2D eigenvalue weighted by Gasteiger charge is -2.37. The van der Waals surface area contributed by atoms with Crippen molar-refractivity contribution < 1.29 is 0 Å². The maximum Gasteiger partial charge on any atom is 0.455 e. The van der Waals surface area contributed by atoms with E-state index in [0.29, 0.717) is 0 Å². The summed E-state index contributed by atoms with van der Waals surface area (Å²) in [6, 6.07) is 8.19. The van der Waals surface area contributed by atoms with Crippen LogP contribution in [0.3, 0.4) is 0 Å². The van der Waals surface area contributed by atoms with Gasteiger partial charge in [-0.2, -0.15) is 0 Å². The van der Waals surface area contributed by atoms with Crippen LogP contribution in [-0.4, -0.2) is 29.5 Å². The van der Waals surface area contributed by atoms with Gasteiger partial charge in [-0.15, -0.1) is 0 Å². The predicted octanol–water partition coefficient (Wildman–Crippen LogP) is 4.96. The number of nitrogens with one attached hydrogen (secondary N) is 1. The molecule has 1 saturated heterocycles. The van der Waals surface area contributed by atoms with Crippen LogP contribution in [0.25, 0.3) is 10.2 Å². The third-order valence-electron chi connectivity index (χ3n) is 6.38. The van der Waals surface area contributed by atoms with Gasteiger partial charge in [0, 0.05) is 19.0 Å². The Balaban J connectivity index is 1.25. The van der Waals surface area contributed by atoms with Gasteiger partial charge >= 0.3 is 4.87 Å². The van der Waals surface area contributed by atoms with Gasteiger partial charge < -0.3 is 4.90 Å². The number of nitrogens with zero attached hydrogens (tertiary/aromatic N) is 1. The maximum atomic E-state index is 12.2. The molecule has 0 spiro atoms. The zero-order chi connectivity index (χ0) is 17.1. The Morgan fingerprint density at radius 1 is 1.00 bits per heavy atom. The van der Waals surface area contributed by atoms with Crippen molar-refractivity contribution in [1.29, 1.82) is 0 Å². The van der Waals surface area contributed by atoms with E-state index in [0.717, 1.165) is 36.1 Å². The van der Waals surface area contributed by atoms with Gasteiger partial charge in [0.25, 0.3) is 0 Å². The SMILES string of the molecule is O=c1[nH]c2ccccc2[s+]1CCCN1CCC(C2CCCCC2)CC1. The highest BCUT2D eigenvalue weighted by atomic mass is 32.2. The first-order valence-corrected chi connectivity index (χ1v) is 11.5. The van der Waals surface area contributed by atoms with Crippen LogP contribution in [0.15, 0.2) is 29.1 Å². The number of para-hydroxylation sites is 1. The molecule has 1 N–H and O–H groups in total. The maximum absolute atomic E-state index is 12.2. The first-order valence-electron chi connectivity index (χ1n) is 10.1. The van der Waals surface area contributed by atoms with Crippen molar-refractivity contribution in [1.82, 2.24) is 9.88 Å². The van der Waals surface area contributed by atoms with Gasteiger partial charge in [0.1, 0.15) is 11.3 Å². The average Bonchev–Trinajstić information content (AvgIpc) is 2.99. The highest BCUT2D eigenvalue weighted by molar-refractivity contribution is 7.34. The van der Waals surface area contributed by atoms with Gasteiger partial charge in [-0.05, 0) is 43.8 Å². The fraction of sp³-hybridized carbons (Fsp3) is 0.667. The Kier molecular flexibility index (Phi) is 5.57. The molecule has 1 aromatic heterocycles. The molecule has 2 aromatic rings. The molecule has 2 aliphatic rings. The van der Waals surface area contributed by atoms with Crippen molar-refractivity contribution in [3.05, 3.63) is 33.9 Å². The summed E-state index contributed by atoms with van der Waals surface area (Å²) in [7, 11) is -0.239. The van der Waals surface area contributed by atoms with Gasteiger partial charge in [-0.25, -0.2) is 4.79 Å². The fourth-order valence-corrected chi connectivity index (χ4v) is 6.83. The number of rotatable bonds is 5. The van der Waals surface area contributed by atoms with Crippen LogP contribution in [0, 0.1) is 11.8 Å². The topological polar surface area (TPSA) is 36.1 Å². The Labute approximate surface area is 153 Å². The lowest BCUT2D eigenvalue weighted by molar-refractivity contribution is 0.127. The number of thiazole rings is 1. The minimum Gasteiger partial charge on any atom is -0.303 e. The van der Waals surface area contributed by atoms with E-state index in [4.69, 9.17) is 0 Å². The van der Waals surface area contributed by atoms with Crippen LogP contribution in [-0.2, 0) is 5.75 Å². The number of hydrogen-bond donors (Lipinski definition) is 1. The molecule has 0 radical (unpaired) electrons. The normalized spacial score (nSPS) is 21.8. The molecule has 1 aliphatic carbocycles. The monoisotopic (exact) mass is 359 g/mol. The van der Waals surface area contributed by atoms with Crippen LogP contribution in [0.5, 0.6) is 0 Å². The number of aryl methyl sites for hydroxylation is 1. The third kappa shape index (κ3) is 4.01. The minimum absolute atomic E-state index is 0.220. The second-order valence-electron chi connectivity index (χ2n) is 7.93. The van der Waals surface area contributed by atoms with Crippen molar-refractivity contribution in [2.75, 3.05) is 19.6 Å². The van der Waals surface area contributed by atoms with Crippen molar-refractivity contribution in [3.8, 4) is 0 Å². The van der Waals surface area contributed by atoms with E-state index < -0.39 is 0 Å². The number of benzene rings is 1. The molecule has 1 unspecified atom stereocenters. The summed E-state index contributed by atoms with van der Waals surface area (Å²) in [4.78, 5) is 18.1. The van der Waals surface area contributed by atoms with E-state index in [2.05, 4.69) is 22.0 Å². The van der Waals surface area contributed by atoms with Gasteiger partial charge in [-0.3, -0.25) is 4.98 Å². The molecule has 1 aliphatic heterocycles. The Bertz CT molecular complexity index is 736. The first kappa shape index (κ1) is 17.3. The number of likely N-dealkylation sites (tertiary alicyclic amines) is 1. The number of aromatic amines is 1. The smallest absolute Gasteiger partial charge is 0.303 e. The lowest BCUT2D eigenvalue weighted by Crippen LogP contribution is -2.37. The molecule has 2 heterocycles. The zero-order valence-electron chi connectivity index (χ0n) is 15.2. The minimum atomic E-state index is -0.239. The van der Waals surface area contributed by atoms with E-state index in [1.807, 2.05) is 12.1 Å². The van der Waals surface area contributed by atoms with Gasteiger partial charge in [0.05, 0.1) is 10.5 Å². The Hall–Kier alpha value is -1.13. The van der Waals surface area contributed by atoms with Crippen molar-refractivity contribution >= 4 is 20.7 Å². The molecule has 0 amide bonds. The molecular formula is C21H31N2OS+. The van der Waals surface area contributed by atoms with Crippen LogP contribution in [0.2, 0.25) is 0 Å². The van der Waals surface area contributed by atoms with Crippen molar-refractivity contribution in [2.45, 2.75) is 57.1 Å². The number of H-pyrrole nitrogens is 1. The second-order valence-corrected chi connectivity index (χ2v) is 9.93. The number of fused-ring (bicyclic) bond motifs is 1. The van der Waals surface area contributed by atoms with E-state index in [1.54, 1.807) is 0 Å². The quantitative estimate of drug-likeness (QED) is 0.766. The van der Waals surface area contributed by atoms with E-state index in [1.165, 1.54) is 62.7 Å². The van der Waals surface area contributed by atoms with Crippen LogP contribution >= 0.6 is 10.5 Å². The highest BCUT2D eigenvalue weighted by Crippen LogP contribution is 2.35. The standard InChI is InChI=1S/C21H30N2OS/c24-21-22-19-9-4-5-10-20(19)25(21)16-6-13-23-14-11-18(12-15-23)17-7-2-1-3-8-17/h4-5,9-10,17-18H,1-3,6-8,11-16H2/p+1. The van der Waals surface area contributed by atoms with Crippen LogP contribution in [0.1, 0.15) is 51.4 Å². The molecular weight excluding hydrogens is 328 g/mol. The largest absolute Gasteiger partial charge is 0.455 e. The first-order chi connectivity index (χ1) is 12.3. The summed E-state index contributed by atoms with van der Waals surface area (Å²) in [6.07, 6.45) is 11.3. The summed E-state index contributed by atoms with van der Waals surface area (Å²) < 4.78 is 1.23. The molecule has 4 heteroatoms. The number of piperidine rings is 1. The Morgan fingerprint density at radius 3 is 2.52 bits per heavy atom. The van der Waals surface area contributed by atoms with Crippen molar-refractivity contribution in [3.63, 3.8) is 0 Å². The molecule has 1 saturated carbocycles. The van der Waals surface area contributed by atoms with E-state index in [-0.39, 0.29) is 15.3 Å². The highest BCUT2D eigenvalue weighted by Gasteiger charge is 2.27. The van der Waals surface area contributed by atoms with Crippen molar-refractivity contribution in [2.24, 2.45) is 11.8 Å². The molecule has 0 bridgehead atoms. The number of hydrogen-bond acceptors (Lipinski definition) is 2. The molecule has 4 rings (SSSR count). The molecule has 136 valence electrons. The molecule has 2 fully saturated rings. The summed E-state index contributed by atoms with van der Waals surface area (Å²) in [5.41, 5.74) is 1.03. The number of aromatic nitrogens is 1. The molecule has 25 heavy (non-hydrogen) atoms. The zero-order valence-corrected chi connectivity index (χ0v) is 16.0. The summed E-state index contributed by atoms with van der Waals surface area (Å²) in [5.74, 6) is 3.02. The molecule has 3 nitrogen and oxygen atoms in total. The summed E-state index contributed by atoms with van der Waals surface area (Å²) >= 11 is 0. The predicted molar refractivity (Wildman–Crippen MR) is 107 cm³/mol. The van der Waals surface area contributed by atoms with Gasteiger partial charge in [0.15, 0.2) is 0 Å². The van der Waals surface area contributed by atoms with Gasteiger partial charge in [-0.1, -0.05) is 44.2 Å².